The first-order chi connectivity index (χ1) is 11.1. The molecule has 0 amide bonds. The summed E-state index contributed by atoms with van der Waals surface area (Å²) in [6, 6.07) is 8.20. The van der Waals surface area contributed by atoms with Crippen LogP contribution in [-0.4, -0.2) is 45.8 Å². The van der Waals surface area contributed by atoms with Crippen LogP contribution >= 0.6 is 0 Å². The van der Waals surface area contributed by atoms with Crippen molar-refractivity contribution in [2.45, 2.75) is 43.5 Å². The van der Waals surface area contributed by atoms with Gasteiger partial charge in [-0.05, 0) is 24.3 Å². The lowest BCUT2D eigenvalue weighted by Gasteiger charge is -2.34. The molecule has 0 aromatic heterocycles. The average molecular weight is 313 g/mol. The van der Waals surface area contributed by atoms with E-state index < -0.39 is 5.72 Å². The monoisotopic (exact) mass is 313 g/mol. The minimum absolute atomic E-state index is 0.137. The number of hydrogen-bond donors (Lipinski definition) is 2. The van der Waals surface area contributed by atoms with E-state index in [1.54, 1.807) is 0 Å². The topological polar surface area (TPSA) is 60.5 Å². The molecule has 5 rings (SSSR count). The lowest BCUT2D eigenvalue weighted by atomic mass is 9.72. The van der Waals surface area contributed by atoms with Gasteiger partial charge in [0.25, 0.3) is 0 Å². The predicted molar refractivity (Wildman–Crippen MR) is 87.0 cm³/mol. The third kappa shape index (κ3) is 1.98. The van der Waals surface area contributed by atoms with Crippen molar-refractivity contribution in [1.29, 1.82) is 0 Å². The van der Waals surface area contributed by atoms with Crippen LogP contribution in [0, 0.1) is 11.8 Å². The number of rotatable bonds is 6. The van der Waals surface area contributed by atoms with E-state index >= 15 is 0 Å². The summed E-state index contributed by atoms with van der Waals surface area (Å²) in [6.45, 7) is 2.39. The van der Waals surface area contributed by atoms with E-state index in [2.05, 4.69) is 24.0 Å². The summed E-state index contributed by atoms with van der Waals surface area (Å²) >= 11 is 0. The largest absolute Gasteiger partial charge is 0.396 e. The molecule has 1 unspecified atom stereocenters. The summed E-state index contributed by atoms with van der Waals surface area (Å²) in [4.78, 5) is 13.1. The van der Waals surface area contributed by atoms with Gasteiger partial charge < -0.3 is 10.2 Å². The molecule has 0 radical (unpaired) electrons. The molecule has 122 valence electrons. The molecule has 2 fully saturated rings. The molecule has 1 aliphatic carbocycles. The first-order valence-corrected chi connectivity index (χ1v) is 8.48. The second kappa shape index (κ2) is 5.26. The summed E-state index contributed by atoms with van der Waals surface area (Å²) in [5.74, 6) is 0.838. The lowest BCUT2D eigenvalue weighted by Crippen LogP contribution is -2.38. The van der Waals surface area contributed by atoms with Gasteiger partial charge in [0, 0.05) is 30.0 Å². The molecule has 3 heterocycles. The number of aliphatic hydroxyl groups is 2. The van der Waals surface area contributed by atoms with Gasteiger partial charge in [-0.1, -0.05) is 43.3 Å². The molecule has 4 bridgehead atoms. The highest BCUT2D eigenvalue weighted by Crippen LogP contribution is 2.64. The van der Waals surface area contributed by atoms with Gasteiger partial charge in [0.05, 0.1) is 6.04 Å². The number of carbonyl (C=O) groups is 1. The number of aliphatic hydroxyl groups excluding tert-OH is 1. The lowest BCUT2D eigenvalue weighted by molar-refractivity contribution is 0.0453. The molecule has 7 atom stereocenters. The van der Waals surface area contributed by atoms with E-state index in [9.17, 15) is 9.90 Å². The number of hydrogen-bond acceptors (Lipinski definition) is 4. The van der Waals surface area contributed by atoms with Crippen molar-refractivity contribution in [2.24, 2.45) is 11.8 Å². The van der Waals surface area contributed by atoms with Crippen LogP contribution in [0.2, 0.25) is 0 Å². The fourth-order valence-electron chi connectivity index (χ4n) is 4.96. The molecule has 2 saturated heterocycles. The van der Waals surface area contributed by atoms with Crippen LogP contribution in [0.4, 0.5) is 0 Å². The van der Waals surface area contributed by atoms with Gasteiger partial charge in [0.2, 0.25) is 0 Å². The van der Waals surface area contributed by atoms with Gasteiger partial charge in [-0.2, -0.15) is 0 Å². The smallest absolute Gasteiger partial charge is 0.150 e. The minimum atomic E-state index is -0.698. The highest BCUT2D eigenvalue weighted by molar-refractivity contribution is 5.74. The van der Waals surface area contributed by atoms with Gasteiger partial charge in [0.15, 0.2) is 0 Å². The first-order valence-electron chi connectivity index (χ1n) is 8.48. The van der Waals surface area contributed by atoms with Crippen LogP contribution in [0.5, 0.6) is 0 Å². The highest BCUT2D eigenvalue weighted by Gasteiger charge is 2.76. The standard InChI is InChI=1S/C19H23NO3/c1-12(14-6-4-13(11-22)5-7-14)18-15-8-9-17-19(23,20(17)18)16(15)3-2-10-21/h4-9,11-12,15-18,21,23H,2-3,10H2,1H3/t12-,15-,16+,17+,18+,19+,20?/m1/s1. The van der Waals surface area contributed by atoms with Crippen molar-refractivity contribution >= 4 is 6.29 Å². The second-order valence-corrected chi connectivity index (χ2v) is 7.13. The zero-order valence-corrected chi connectivity index (χ0v) is 13.3. The average Bonchev–Trinajstić information content (AvgIpc) is 3.15. The fraction of sp³-hybridized carbons (Fsp3) is 0.526. The molecule has 4 nitrogen and oxygen atoms in total. The highest BCUT2D eigenvalue weighted by atomic mass is 16.3. The number of piperidine rings is 1. The second-order valence-electron chi connectivity index (χ2n) is 7.13. The maximum atomic E-state index is 11.0. The fourth-order valence-corrected chi connectivity index (χ4v) is 4.96. The van der Waals surface area contributed by atoms with Crippen LogP contribution in [-0.2, 0) is 0 Å². The Balaban J connectivity index is 1.60. The SMILES string of the molecule is C[C@H](c1ccc(C=O)cc1)[C@H]1[C@@H]2C=C[C@@H]3N1[C@]3(O)[C@H]2CCCO. The molecule has 0 saturated carbocycles. The summed E-state index contributed by atoms with van der Waals surface area (Å²) in [6.07, 6.45) is 6.88. The van der Waals surface area contributed by atoms with E-state index in [0.29, 0.717) is 23.4 Å². The van der Waals surface area contributed by atoms with Crippen molar-refractivity contribution in [3.8, 4) is 0 Å². The Bertz CT molecular complexity index is 641. The Morgan fingerprint density at radius 2 is 2.04 bits per heavy atom. The van der Waals surface area contributed by atoms with Crippen LogP contribution < -0.4 is 0 Å². The molecular formula is C19H23NO3. The van der Waals surface area contributed by atoms with E-state index in [4.69, 9.17) is 5.11 Å². The Kier molecular flexibility index (Phi) is 3.45. The molecule has 0 spiro atoms. The van der Waals surface area contributed by atoms with Crippen molar-refractivity contribution in [3.63, 3.8) is 0 Å². The van der Waals surface area contributed by atoms with E-state index in [1.807, 2.05) is 24.3 Å². The molecule has 3 aliphatic heterocycles. The summed E-state index contributed by atoms with van der Waals surface area (Å²) in [5.41, 5.74) is 1.20. The molecule has 1 aromatic rings. The molecule has 23 heavy (non-hydrogen) atoms. The van der Waals surface area contributed by atoms with E-state index in [1.165, 1.54) is 5.56 Å². The van der Waals surface area contributed by atoms with Crippen molar-refractivity contribution in [2.75, 3.05) is 6.61 Å². The molecular weight excluding hydrogens is 290 g/mol. The summed E-state index contributed by atoms with van der Waals surface area (Å²) in [7, 11) is 0. The van der Waals surface area contributed by atoms with Crippen LogP contribution in [0.25, 0.3) is 0 Å². The summed E-state index contributed by atoms with van der Waals surface area (Å²) < 4.78 is 0. The van der Waals surface area contributed by atoms with Crippen LogP contribution in [0.1, 0.15) is 41.6 Å². The van der Waals surface area contributed by atoms with Gasteiger partial charge in [0.1, 0.15) is 12.0 Å². The Labute approximate surface area is 136 Å². The molecule has 4 aliphatic rings. The number of carbonyl (C=O) groups excluding carboxylic acids is 1. The zero-order valence-electron chi connectivity index (χ0n) is 13.3. The van der Waals surface area contributed by atoms with Gasteiger partial charge >= 0.3 is 0 Å². The van der Waals surface area contributed by atoms with Crippen molar-refractivity contribution < 1.29 is 15.0 Å². The normalized spacial score (nSPS) is 40.9. The van der Waals surface area contributed by atoms with Gasteiger partial charge in [-0.3, -0.25) is 9.69 Å². The van der Waals surface area contributed by atoms with E-state index in [0.717, 1.165) is 19.1 Å². The number of nitrogens with zero attached hydrogens (tertiary/aromatic N) is 1. The van der Waals surface area contributed by atoms with Crippen LogP contribution in [0.3, 0.4) is 0 Å². The third-order valence-electron chi connectivity index (χ3n) is 6.11. The number of benzene rings is 1. The summed E-state index contributed by atoms with van der Waals surface area (Å²) in [5, 5.41) is 20.2. The quantitative estimate of drug-likeness (QED) is 0.479. The van der Waals surface area contributed by atoms with Gasteiger partial charge in [-0.25, -0.2) is 0 Å². The maximum absolute atomic E-state index is 11.0. The Morgan fingerprint density at radius 3 is 2.70 bits per heavy atom. The van der Waals surface area contributed by atoms with Gasteiger partial charge in [-0.15, -0.1) is 0 Å². The number of aldehydes is 1. The van der Waals surface area contributed by atoms with Crippen LogP contribution in [0.15, 0.2) is 36.4 Å². The Hall–Kier alpha value is -1.49. The minimum Gasteiger partial charge on any atom is -0.396 e. The molecule has 1 aromatic carbocycles. The third-order valence-corrected chi connectivity index (χ3v) is 6.11. The van der Waals surface area contributed by atoms with Crippen molar-refractivity contribution in [3.05, 3.63) is 47.5 Å². The molecule has 2 N–H and O–H groups in total. The maximum Gasteiger partial charge on any atom is 0.150 e. The van der Waals surface area contributed by atoms with E-state index in [-0.39, 0.29) is 18.6 Å². The van der Waals surface area contributed by atoms with Crippen molar-refractivity contribution in [1.82, 2.24) is 4.90 Å². The predicted octanol–water partition coefficient (Wildman–Crippen LogP) is 1.93. The first kappa shape index (κ1) is 15.1. The zero-order chi connectivity index (χ0) is 16.2. The molecule has 4 heteroatoms. The Morgan fingerprint density at radius 1 is 1.30 bits per heavy atom.